The second-order valence-electron chi connectivity index (χ2n) is 7.03. The van der Waals surface area contributed by atoms with E-state index < -0.39 is 22.1 Å². The van der Waals surface area contributed by atoms with Crippen LogP contribution < -0.4 is 4.74 Å². The minimum absolute atomic E-state index is 0.00840. The topological polar surface area (TPSA) is 94.8 Å². The first kappa shape index (κ1) is 21.6. The largest absolute Gasteiger partial charge is 0.497 e. The fraction of sp³-hybridized carbons (Fsp3) is 0.125. The molecular weight excluding hydrogens is 430 g/mol. The predicted octanol–water partition coefficient (Wildman–Crippen LogP) is 3.76. The summed E-state index contributed by atoms with van der Waals surface area (Å²) in [5.41, 5.74) is 0.556. The van der Waals surface area contributed by atoms with E-state index in [4.69, 9.17) is 9.47 Å². The van der Waals surface area contributed by atoms with Gasteiger partial charge in [-0.05, 0) is 35.9 Å². The van der Waals surface area contributed by atoms with Crippen molar-refractivity contribution in [2.75, 3.05) is 14.2 Å². The number of hydrogen-bond acceptors (Lipinski definition) is 6. The number of nitrogens with zero attached hydrogens (tertiary/aromatic N) is 1. The Morgan fingerprint density at radius 3 is 2.16 bits per heavy atom. The summed E-state index contributed by atoms with van der Waals surface area (Å²) in [4.78, 5) is 12.8. The molecule has 4 rings (SSSR count). The third-order valence-electron chi connectivity index (χ3n) is 5.23. The number of hydrogen-bond donors (Lipinski definition) is 1. The molecule has 8 heteroatoms. The van der Waals surface area contributed by atoms with Crippen LogP contribution in [-0.4, -0.2) is 37.7 Å². The predicted molar refractivity (Wildman–Crippen MR) is 119 cm³/mol. The summed E-state index contributed by atoms with van der Waals surface area (Å²) in [5.74, 6) is -0.169. The maximum Gasteiger partial charge on any atom is 0.340 e. The van der Waals surface area contributed by atoms with Crippen LogP contribution in [-0.2, 0) is 14.8 Å². The second-order valence-corrected chi connectivity index (χ2v) is 8.81. The summed E-state index contributed by atoms with van der Waals surface area (Å²) in [6.45, 7) is 0. The minimum Gasteiger partial charge on any atom is -0.497 e. The van der Waals surface area contributed by atoms with Crippen LogP contribution in [0.4, 0.5) is 0 Å². The Hall–Kier alpha value is -3.62. The number of para-hydroxylation sites is 1. The molecule has 3 aromatic carbocycles. The smallest absolute Gasteiger partial charge is 0.340 e. The van der Waals surface area contributed by atoms with Gasteiger partial charge in [0, 0.05) is 5.39 Å². The number of carbonyl (C=O) groups excluding carboxylic acids is 1. The molecule has 0 amide bonds. The van der Waals surface area contributed by atoms with E-state index in [-0.39, 0.29) is 21.7 Å². The van der Waals surface area contributed by atoms with Crippen LogP contribution in [0, 0.1) is 0 Å². The molecule has 7 nitrogen and oxygen atoms in total. The Bertz CT molecular complexity index is 1380. The van der Waals surface area contributed by atoms with Crippen molar-refractivity contribution < 1.29 is 27.8 Å². The van der Waals surface area contributed by atoms with Crippen molar-refractivity contribution in [1.82, 2.24) is 3.97 Å². The van der Waals surface area contributed by atoms with E-state index in [2.05, 4.69) is 0 Å². The van der Waals surface area contributed by atoms with Crippen LogP contribution in [0.1, 0.15) is 27.7 Å². The van der Waals surface area contributed by atoms with Gasteiger partial charge in [0.2, 0.25) is 0 Å². The number of methoxy groups -OCH3 is 2. The van der Waals surface area contributed by atoms with Crippen molar-refractivity contribution in [2.45, 2.75) is 11.0 Å². The summed E-state index contributed by atoms with van der Waals surface area (Å²) in [6.07, 6.45) is -1.43. The number of rotatable bonds is 6. The highest BCUT2D eigenvalue weighted by Crippen LogP contribution is 2.37. The number of esters is 1. The van der Waals surface area contributed by atoms with E-state index in [9.17, 15) is 18.3 Å². The number of aromatic nitrogens is 1. The monoisotopic (exact) mass is 451 g/mol. The van der Waals surface area contributed by atoms with Gasteiger partial charge in [-0.3, -0.25) is 0 Å². The lowest BCUT2D eigenvalue weighted by Crippen LogP contribution is -2.20. The molecule has 0 aliphatic heterocycles. The molecule has 0 spiro atoms. The molecule has 0 aliphatic rings. The van der Waals surface area contributed by atoms with Crippen LogP contribution in [0.15, 0.2) is 83.8 Å². The molecule has 1 N–H and O–H groups in total. The van der Waals surface area contributed by atoms with Crippen molar-refractivity contribution in [3.8, 4) is 5.75 Å². The van der Waals surface area contributed by atoms with Crippen LogP contribution in [0.2, 0.25) is 0 Å². The SMILES string of the molecule is COC(=O)c1c(C(O)c2ccc(OC)cc2)n(S(=O)(=O)c2ccccc2)c2ccccc12. The van der Waals surface area contributed by atoms with E-state index >= 15 is 0 Å². The summed E-state index contributed by atoms with van der Waals surface area (Å²) in [7, 11) is -1.43. The first-order valence-corrected chi connectivity index (χ1v) is 11.2. The first-order valence-electron chi connectivity index (χ1n) is 9.74. The van der Waals surface area contributed by atoms with E-state index in [1.54, 1.807) is 66.7 Å². The molecule has 1 heterocycles. The van der Waals surface area contributed by atoms with Crippen LogP contribution in [0.3, 0.4) is 0 Å². The number of ether oxygens (including phenoxy) is 2. The number of aliphatic hydroxyl groups excluding tert-OH is 1. The van der Waals surface area contributed by atoms with Crippen molar-refractivity contribution in [2.24, 2.45) is 0 Å². The van der Waals surface area contributed by atoms with Gasteiger partial charge in [-0.15, -0.1) is 0 Å². The second kappa shape index (κ2) is 8.49. The lowest BCUT2D eigenvalue weighted by Gasteiger charge is -2.18. The molecule has 0 bridgehead atoms. The van der Waals surface area contributed by atoms with Gasteiger partial charge in [0.1, 0.15) is 11.9 Å². The van der Waals surface area contributed by atoms with Crippen molar-refractivity contribution in [3.63, 3.8) is 0 Å². The van der Waals surface area contributed by atoms with Gasteiger partial charge in [-0.1, -0.05) is 48.5 Å². The number of carbonyl (C=O) groups is 1. The third kappa shape index (κ3) is 3.53. The molecule has 1 unspecified atom stereocenters. The quantitative estimate of drug-likeness (QED) is 0.449. The molecule has 0 aliphatic carbocycles. The maximum atomic E-state index is 13.7. The van der Waals surface area contributed by atoms with E-state index in [0.29, 0.717) is 16.7 Å². The van der Waals surface area contributed by atoms with Gasteiger partial charge in [-0.25, -0.2) is 17.2 Å². The summed E-state index contributed by atoms with van der Waals surface area (Å²) in [5, 5.41) is 11.7. The zero-order chi connectivity index (χ0) is 22.9. The molecule has 164 valence electrons. The van der Waals surface area contributed by atoms with Crippen LogP contribution >= 0.6 is 0 Å². The molecular formula is C24H21NO6S. The van der Waals surface area contributed by atoms with Crippen molar-refractivity contribution in [3.05, 3.63) is 95.7 Å². The van der Waals surface area contributed by atoms with Gasteiger partial charge in [-0.2, -0.15) is 0 Å². The fourth-order valence-corrected chi connectivity index (χ4v) is 5.28. The minimum atomic E-state index is -4.16. The molecule has 32 heavy (non-hydrogen) atoms. The van der Waals surface area contributed by atoms with Crippen LogP contribution in [0.5, 0.6) is 5.75 Å². The van der Waals surface area contributed by atoms with Crippen molar-refractivity contribution >= 4 is 26.9 Å². The van der Waals surface area contributed by atoms with Crippen molar-refractivity contribution in [1.29, 1.82) is 0 Å². The van der Waals surface area contributed by atoms with Gasteiger partial charge in [0.25, 0.3) is 10.0 Å². The highest BCUT2D eigenvalue weighted by molar-refractivity contribution is 7.90. The standard InChI is InChI=1S/C24H21NO6S/c1-30-17-14-12-16(13-15-17)23(26)22-21(24(27)31-2)19-10-6-7-11-20(19)25(22)32(28,29)18-8-4-3-5-9-18/h3-15,23,26H,1-2H3. The Kier molecular flexibility index (Phi) is 5.73. The molecule has 0 radical (unpaired) electrons. The average Bonchev–Trinajstić information content (AvgIpc) is 3.19. The van der Waals surface area contributed by atoms with E-state index in [0.717, 1.165) is 3.97 Å². The third-order valence-corrected chi connectivity index (χ3v) is 6.97. The summed E-state index contributed by atoms with van der Waals surface area (Å²) < 4.78 is 38.6. The Balaban J connectivity index is 2.08. The number of aliphatic hydroxyl groups is 1. The summed E-state index contributed by atoms with van der Waals surface area (Å²) in [6, 6.07) is 21.0. The molecule has 0 saturated carbocycles. The normalized spacial score (nSPS) is 12.5. The Labute approximate surface area is 185 Å². The zero-order valence-corrected chi connectivity index (χ0v) is 18.2. The van der Waals surface area contributed by atoms with Gasteiger partial charge >= 0.3 is 5.97 Å². The molecule has 0 fully saturated rings. The maximum absolute atomic E-state index is 13.7. The summed E-state index contributed by atoms with van der Waals surface area (Å²) >= 11 is 0. The first-order chi connectivity index (χ1) is 15.4. The average molecular weight is 452 g/mol. The number of fused-ring (bicyclic) bond motifs is 1. The van der Waals surface area contributed by atoms with E-state index in [1.165, 1.54) is 26.4 Å². The van der Waals surface area contributed by atoms with Gasteiger partial charge in [0.15, 0.2) is 0 Å². The highest BCUT2D eigenvalue weighted by atomic mass is 32.2. The Morgan fingerprint density at radius 2 is 1.53 bits per heavy atom. The molecule has 1 aromatic heterocycles. The highest BCUT2D eigenvalue weighted by Gasteiger charge is 2.34. The fourth-order valence-electron chi connectivity index (χ4n) is 3.70. The van der Waals surface area contributed by atoms with Gasteiger partial charge in [0.05, 0.1) is 35.9 Å². The molecule has 0 saturated heterocycles. The van der Waals surface area contributed by atoms with Crippen LogP contribution in [0.25, 0.3) is 10.9 Å². The lowest BCUT2D eigenvalue weighted by molar-refractivity contribution is 0.0597. The zero-order valence-electron chi connectivity index (χ0n) is 17.4. The lowest BCUT2D eigenvalue weighted by atomic mass is 10.0. The molecule has 1 atom stereocenters. The number of benzene rings is 3. The Morgan fingerprint density at radius 1 is 0.906 bits per heavy atom. The molecule has 4 aromatic rings. The van der Waals surface area contributed by atoms with Gasteiger partial charge < -0.3 is 14.6 Å². The van der Waals surface area contributed by atoms with E-state index in [1.807, 2.05) is 0 Å².